The second-order valence-electron chi connectivity index (χ2n) is 7.10. The summed E-state index contributed by atoms with van der Waals surface area (Å²) in [7, 11) is 0. The van der Waals surface area contributed by atoms with Gasteiger partial charge in [-0.25, -0.2) is 0 Å². The molecule has 0 fully saturated rings. The quantitative estimate of drug-likeness (QED) is 0.459. The third-order valence-corrected chi connectivity index (χ3v) is 7.01. The minimum Gasteiger partial charge on any atom is -0.375 e. The van der Waals surface area contributed by atoms with Gasteiger partial charge in [0.2, 0.25) is 0 Å². The summed E-state index contributed by atoms with van der Waals surface area (Å²) in [6, 6.07) is 12.3. The van der Waals surface area contributed by atoms with Crippen molar-refractivity contribution in [2.75, 3.05) is 5.32 Å². The Morgan fingerprint density at radius 1 is 1.08 bits per heavy atom. The SMILES string of the molecule is Cc1cc2c(cc1C)-c1c(sn(-c3ccc(Cl)cc3)c1=S)C(C)(C)N2. The normalized spacial score (nSPS) is 14.6. The summed E-state index contributed by atoms with van der Waals surface area (Å²) in [6.45, 7) is 8.72. The molecule has 2 aromatic carbocycles. The lowest BCUT2D eigenvalue weighted by Crippen LogP contribution is -2.30. The van der Waals surface area contributed by atoms with Crippen molar-refractivity contribution in [2.45, 2.75) is 33.2 Å². The van der Waals surface area contributed by atoms with Gasteiger partial charge >= 0.3 is 0 Å². The van der Waals surface area contributed by atoms with E-state index in [2.05, 4.69) is 49.1 Å². The number of hydrogen-bond donors (Lipinski definition) is 1. The Labute approximate surface area is 162 Å². The smallest absolute Gasteiger partial charge is 0.129 e. The van der Waals surface area contributed by atoms with Crippen LogP contribution in [0.2, 0.25) is 5.02 Å². The summed E-state index contributed by atoms with van der Waals surface area (Å²) in [5, 5.41) is 4.42. The Bertz CT molecular complexity index is 1040. The Morgan fingerprint density at radius 2 is 1.72 bits per heavy atom. The highest BCUT2D eigenvalue weighted by Crippen LogP contribution is 2.48. The maximum absolute atomic E-state index is 6.04. The van der Waals surface area contributed by atoms with Crippen molar-refractivity contribution in [3.05, 3.63) is 62.1 Å². The van der Waals surface area contributed by atoms with E-state index in [1.54, 1.807) is 11.5 Å². The molecule has 0 bridgehead atoms. The number of fused-ring (bicyclic) bond motifs is 3. The molecule has 1 aliphatic rings. The molecule has 0 aliphatic carbocycles. The van der Waals surface area contributed by atoms with Crippen LogP contribution in [-0.4, -0.2) is 3.96 Å². The first-order chi connectivity index (χ1) is 11.8. The lowest BCUT2D eigenvalue weighted by Gasteiger charge is -2.33. The first kappa shape index (κ1) is 16.8. The Hall–Kier alpha value is -1.62. The Morgan fingerprint density at radius 3 is 2.40 bits per heavy atom. The molecule has 3 aromatic rings. The predicted octanol–water partition coefficient (Wildman–Crippen LogP) is 6.87. The van der Waals surface area contributed by atoms with Gasteiger partial charge in [-0.2, -0.15) is 0 Å². The zero-order valence-electron chi connectivity index (χ0n) is 14.6. The maximum atomic E-state index is 6.04. The van der Waals surface area contributed by atoms with Crippen LogP contribution in [0.3, 0.4) is 0 Å². The molecule has 1 aliphatic heterocycles. The predicted molar refractivity (Wildman–Crippen MR) is 111 cm³/mol. The number of rotatable bonds is 1. The standard InChI is InChI=1S/C20H19ClN2S2/c1-11-9-15-16(10-12(11)2)22-20(3,4)18-17(15)19(24)23(25-18)14-7-5-13(21)6-8-14/h5-10,22H,1-4H3. The van der Waals surface area contributed by atoms with Gasteiger partial charge in [0, 0.05) is 21.8 Å². The van der Waals surface area contributed by atoms with Crippen LogP contribution in [0.4, 0.5) is 5.69 Å². The van der Waals surface area contributed by atoms with Crippen LogP contribution in [0, 0.1) is 18.5 Å². The molecular weight excluding hydrogens is 368 g/mol. The number of hydrogen-bond acceptors (Lipinski definition) is 3. The number of aromatic nitrogens is 1. The molecule has 5 heteroatoms. The van der Waals surface area contributed by atoms with E-state index in [-0.39, 0.29) is 5.54 Å². The van der Waals surface area contributed by atoms with E-state index >= 15 is 0 Å². The molecular formula is C20H19ClN2S2. The second-order valence-corrected chi connectivity index (χ2v) is 8.88. The molecule has 0 saturated heterocycles. The van der Waals surface area contributed by atoms with Gasteiger partial charge in [0.1, 0.15) is 4.64 Å². The number of anilines is 1. The third-order valence-electron chi connectivity index (χ3n) is 4.79. The van der Waals surface area contributed by atoms with Crippen molar-refractivity contribution in [3.63, 3.8) is 0 Å². The first-order valence-corrected chi connectivity index (χ1v) is 9.76. The third kappa shape index (κ3) is 2.64. The van der Waals surface area contributed by atoms with Gasteiger partial charge in [0.05, 0.1) is 16.1 Å². The van der Waals surface area contributed by atoms with E-state index in [9.17, 15) is 0 Å². The fraction of sp³-hybridized carbons (Fsp3) is 0.250. The van der Waals surface area contributed by atoms with Crippen LogP contribution in [0.5, 0.6) is 0 Å². The molecule has 1 N–H and O–H groups in total. The second kappa shape index (κ2) is 5.70. The highest BCUT2D eigenvalue weighted by molar-refractivity contribution is 7.71. The first-order valence-electron chi connectivity index (χ1n) is 8.20. The molecule has 0 radical (unpaired) electrons. The Balaban J connectivity index is 2.01. The Kier molecular flexibility index (Phi) is 3.83. The number of nitrogens with zero attached hydrogens (tertiary/aromatic N) is 1. The topological polar surface area (TPSA) is 17.0 Å². The van der Waals surface area contributed by atoms with E-state index in [1.807, 2.05) is 24.3 Å². The molecule has 0 spiro atoms. The van der Waals surface area contributed by atoms with Crippen LogP contribution >= 0.6 is 35.4 Å². The van der Waals surface area contributed by atoms with Crippen molar-refractivity contribution >= 4 is 41.0 Å². The largest absolute Gasteiger partial charge is 0.375 e. The molecule has 25 heavy (non-hydrogen) atoms. The lowest BCUT2D eigenvalue weighted by molar-refractivity contribution is 0.619. The van der Waals surface area contributed by atoms with Crippen LogP contribution in [0.15, 0.2) is 36.4 Å². The van der Waals surface area contributed by atoms with Crippen molar-refractivity contribution in [1.29, 1.82) is 0 Å². The van der Waals surface area contributed by atoms with Gasteiger partial charge in [-0.15, -0.1) is 0 Å². The average Bonchev–Trinajstić information content (AvgIpc) is 2.89. The van der Waals surface area contributed by atoms with Crippen molar-refractivity contribution in [2.24, 2.45) is 0 Å². The fourth-order valence-electron chi connectivity index (χ4n) is 3.31. The molecule has 128 valence electrons. The van der Waals surface area contributed by atoms with Crippen molar-refractivity contribution in [1.82, 2.24) is 3.96 Å². The van der Waals surface area contributed by atoms with Gasteiger partial charge < -0.3 is 5.32 Å². The van der Waals surface area contributed by atoms with E-state index in [0.717, 1.165) is 21.0 Å². The minimum atomic E-state index is -0.167. The molecule has 0 atom stereocenters. The van der Waals surface area contributed by atoms with Crippen molar-refractivity contribution < 1.29 is 0 Å². The summed E-state index contributed by atoms with van der Waals surface area (Å²) >= 11 is 13.6. The molecule has 2 nitrogen and oxygen atoms in total. The molecule has 0 unspecified atom stereocenters. The summed E-state index contributed by atoms with van der Waals surface area (Å²) in [5.41, 5.74) is 6.99. The molecule has 4 rings (SSSR count). The lowest BCUT2D eigenvalue weighted by atomic mass is 9.88. The number of nitrogens with one attached hydrogen (secondary N) is 1. The molecule has 0 amide bonds. The van der Waals surface area contributed by atoms with Crippen LogP contribution < -0.4 is 5.32 Å². The number of benzene rings is 2. The van der Waals surface area contributed by atoms with Gasteiger partial charge in [-0.3, -0.25) is 3.96 Å². The summed E-state index contributed by atoms with van der Waals surface area (Å²) < 4.78 is 2.99. The van der Waals surface area contributed by atoms with E-state index < -0.39 is 0 Å². The zero-order valence-corrected chi connectivity index (χ0v) is 17.0. The van der Waals surface area contributed by atoms with Crippen molar-refractivity contribution in [3.8, 4) is 16.8 Å². The molecule has 1 aromatic heterocycles. The maximum Gasteiger partial charge on any atom is 0.129 e. The number of halogens is 1. The van der Waals surface area contributed by atoms with E-state index in [4.69, 9.17) is 23.8 Å². The van der Waals surface area contributed by atoms with E-state index in [0.29, 0.717) is 0 Å². The molecule has 0 saturated carbocycles. The highest BCUT2D eigenvalue weighted by Gasteiger charge is 2.34. The van der Waals surface area contributed by atoms with Crippen LogP contribution in [0.1, 0.15) is 29.9 Å². The zero-order chi connectivity index (χ0) is 17.9. The average molecular weight is 387 g/mol. The van der Waals surface area contributed by atoms with Crippen LogP contribution in [-0.2, 0) is 5.54 Å². The van der Waals surface area contributed by atoms with Crippen LogP contribution in [0.25, 0.3) is 16.8 Å². The number of aryl methyl sites for hydroxylation is 2. The summed E-state index contributed by atoms with van der Waals surface area (Å²) in [6.07, 6.45) is 0. The molecule has 2 heterocycles. The van der Waals surface area contributed by atoms with Gasteiger partial charge in [-0.1, -0.05) is 35.4 Å². The highest BCUT2D eigenvalue weighted by atomic mass is 35.5. The summed E-state index contributed by atoms with van der Waals surface area (Å²) in [5.74, 6) is 0. The minimum absolute atomic E-state index is 0.167. The van der Waals surface area contributed by atoms with E-state index in [1.165, 1.54) is 27.1 Å². The van der Waals surface area contributed by atoms with Gasteiger partial charge in [0.25, 0.3) is 0 Å². The van der Waals surface area contributed by atoms with Gasteiger partial charge in [-0.05, 0) is 75.2 Å². The monoisotopic (exact) mass is 386 g/mol. The fourth-order valence-corrected chi connectivity index (χ4v) is 5.09. The summed E-state index contributed by atoms with van der Waals surface area (Å²) in [4.78, 5) is 1.27. The van der Waals surface area contributed by atoms with Gasteiger partial charge in [0.15, 0.2) is 0 Å².